The highest BCUT2D eigenvalue weighted by molar-refractivity contribution is 7.99. The van der Waals surface area contributed by atoms with Crippen LogP contribution in [0.25, 0.3) is 5.78 Å². The van der Waals surface area contributed by atoms with Crippen LogP contribution in [0.1, 0.15) is 49.9 Å². The molecule has 4 aliphatic rings. The van der Waals surface area contributed by atoms with E-state index in [0.717, 1.165) is 48.4 Å². The molecule has 0 aromatic carbocycles. The maximum atomic E-state index is 12.5. The maximum Gasteiger partial charge on any atom is 0.321 e. The molecule has 154 valence electrons. The number of aryl methyl sites for hydroxylation is 2. The van der Waals surface area contributed by atoms with Crippen molar-refractivity contribution in [1.82, 2.24) is 30.2 Å². The van der Waals surface area contributed by atoms with E-state index in [-0.39, 0.29) is 23.2 Å². The number of fused-ring (bicyclic) bond motifs is 1. The Morgan fingerprint density at radius 3 is 2.45 bits per heavy atom. The minimum absolute atomic E-state index is 0.0865. The van der Waals surface area contributed by atoms with Gasteiger partial charge in [0, 0.05) is 16.9 Å². The highest BCUT2D eigenvalue weighted by atomic mass is 32.2. The van der Waals surface area contributed by atoms with Crippen molar-refractivity contribution in [3.63, 3.8) is 0 Å². The maximum absolute atomic E-state index is 12.5. The number of nitrogens with one attached hydrogen (secondary N) is 2. The minimum atomic E-state index is -0.367. The second-order valence-electron chi connectivity index (χ2n) is 9.13. The predicted molar refractivity (Wildman–Crippen MR) is 109 cm³/mol. The molecule has 0 atom stereocenters. The predicted octanol–water partition coefficient (Wildman–Crippen LogP) is 2.63. The van der Waals surface area contributed by atoms with Gasteiger partial charge < -0.3 is 5.32 Å². The summed E-state index contributed by atoms with van der Waals surface area (Å²) in [5, 5.41) is 10.5. The lowest BCUT2D eigenvalue weighted by Gasteiger charge is -2.56. The molecular formula is C20H26N6O2S. The number of amides is 3. The molecule has 0 aliphatic heterocycles. The molecule has 29 heavy (non-hydrogen) atoms. The third-order valence-electron chi connectivity index (χ3n) is 6.60. The van der Waals surface area contributed by atoms with E-state index in [0.29, 0.717) is 10.9 Å². The van der Waals surface area contributed by atoms with Crippen LogP contribution in [-0.2, 0) is 4.79 Å². The number of rotatable bonds is 4. The Bertz CT molecular complexity index is 951. The van der Waals surface area contributed by atoms with Crippen molar-refractivity contribution in [2.75, 3.05) is 5.75 Å². The largest absolute Gasteiger partial charge is 0.332 e. The Labute approximate surface area is 173 Å². The first-order valence-electron chi connectivity index (χ1n) is 10.3. The number of carbonyl (C=O) groups is 2. The Hall–Kier alpha value is -2.16. The Morgan fingerprint density at radius 1 is 1.14 bits per heavy atom. The molecule has 4 fully saturated rings. The molecular weight excluding hydrogens is 388 g/mol. The molecule has 4 bridgehead atoms. The lowest BCUT2D eigenvalue weighted by molar-refractivity contribution is -0.117. The van der Waals surface area contributed by atoms with Gasteiger partial charge in [-0.2, -0.15) is 4.98 Å². The summed E-state index contributed by atoms with van der Waals surface area (Å²) >= 11 is 1.21. The monoisotopic (exact) mass is 414 g/mol. The number of carbonyl (C=O) groups excluding carboxylic acids is 2. The van der Waals surface area contributed by atoms with Crippen LogP contribution in [0.4, 0.5) is 4.79 Å². The molecule has 6 rings (SSSR count). The number of aromatic nitrogens is 4. The van der Waals surface area contributed by atoms with Crippen LogP contribution in [0, 0.1) is 31.6 Å². The molecule has 2 N–H and O–H groups in total. The number of hydrogen-bond acceptors (Lipinski definition) is 6. The van der Waals surface area contributed by atoms with Gasteiger partial charge in [-0.05, 0) is 76.2 Å². The highest BCUT2D eigenvalue weighted by Gasteiger charge is 2.51. The van der Waals surface area contributed by atoms with Gasteiger partial charge in [0.05, 0.1) is 5.75 Å². The SMILES string of the molecule is Cc1cc(C)n2nc(SCC(=O)NC(=O)NC34CC5CC(CC(C5)C3)C4)nc2n1. The van der Waals surface area contributed by atoms with E-state index in [1.165, 1.54) is 31.0 Å². The molecule has 9 heteroatoms. The topological polar surface area (TPSA) is 101 Å². The zero-order chi connectivity index (χ0) is 20.2. The van der Waals surface area contributed by atoms with E-state index >= 15 is 0 Å². The first-order chi connectivity index (χ1) is 13.9. The quantitative estimate of drug-likeness (QED) is 0.746. The molecule has 2 aromatic heterocycles. The molecule has 0 spiro atoms. The van der Waals surface area contributed by atoms with Crippen molar-refractivity contribution in [3.8, 4) is 0 Å². The van der Waals surface area contributed by atoms with Crippen LogP contribution in [0.5, 0.6) is 0 Å². The Balaban J connectivity index is 1.16. The van der Waals surface area contributed by atoms with Gasteiger partial charge in [-0.25, -0.2) is 14.3 Å². The van der Waals surface area contributed by atoms with E-state index < -0.39 is 0 Å². The van der Waals surface area contributed by atoms with Gasteiger partial charge >= 0.3 is 6.03 Å². The minimum Gasteiger partial charge on any atom is -0.332 e. The summed E-state index contributed by atoms with van der Waals surface area (Å²) in [5.74, 6) is 2.50. The van der Waals surface area contributed by atoms with E-state index in [1.54, 1.807) is 4.52 Å². The van der Waals surface area contributed by atoms with Crippen molar-refractivity contribution in [2.45, 2.75) is 63.1 Å². The number of urea groups is 1. The molecule has 4 aliphatic carbocycles. The van der Waals surface area contributed by atoms with Crippen LogP contribution in [0.15, 0.2) is 11.2 Å². The summed E-state index contributed by atoms with van der Waals surface area (Å²) in [6, 6.07) is 1.56. The Kier molecular flexibility index (Phi) is 4.53. The lowest BCUT2D eigenvalue weighted by Crippen LogP contribution is -2.61. The van der Waals surface area contributed by atoms with E-state index in [4.69, 9.17) is 0 Å². The normalized spacial score (nSPS) is 29.9. The van der Waals surface area contributed by atoms with Gasteiger partial charge in [-0.3, -0.25) is 10.1 Å². The van der Waals surface area contributed by atoms with E-state index in [2.05, 4.69) is 25.7 Å². The van der Waals surface area contributed by atoms with Gasteiger partial charge in [0.1, 0.15) is 0 Å². The number of thioether (sulfide) groups is 1. The first-order valence-corrected chi connectivity index (χ1v) is 11.3. The fraction of sp³-hybridized carbons (Fsp3) is 0.650. The van der Waals surface area contributed by atoms with Gasteiger partial charge in [0.2, 0.25) is 11.1 Å². The van der Waals surface area contributed by atoms with Crippen LogP contribution in [0.3, 0.4) is 0 Å². The summed E-state index contributed by atoms with van der Waals surface area (Å²) in [7, 11) is 0. The van der Waals surface area contributed by atoms with E-state index in [9.17, 15) is 9.59 Å². The zero-order valence-corrected chi connectivity index (χ0v) is 17.6. The van der Waals surface area contributed by atoms with Crippen LogP contribution in [-0.4, -0.2) is 42.8 Å². The number of hydrogen-bond donors (Lipinski definition) is 2. The third-order valence-corrected chi connectivity index (χ3v) is 7.44. The van der Waals surface area contributed by atoms with E-state index in [1.807, 2.05) is 19.9 Å². The summed E-state index contributed by atoms with van der Waals surface area (Å²) < 4.78 is 1.66. The molecule has 3 amide bonds. The first kappa shape index (κ1) is 18.8. The molecule has 0 saturated heterocycles. The molecule has 0 unspecified atom stereocenters. The summed E-state index contributed by atoms with van der Waals surface area (Å²) in [6.45, 7) is 3.84. The van der Waals surface area contributed by atoms with Crippen molar-refractivity contribution in [3.05, 3.63) is 17.5 Å². The molecule has 2 aromatic rings. The van der Waals surface area contributed by atoms with Gasteiger partial charge in [-0.15, -0.1) is 5.10 Å². The standard InChI is InChI=1S/C20H26N6O2S/c1-11-3-12(2)26-17(21-11)23-19(25-26)29-10-16(27)22-18(28)24-20-7-13-4-14(8-20)6-15(5-13)9-20/h3,13-15H,4-10H2,1-2H3,(H2,22,24,27,28). The van der Waals surface area contributed by atoms with Crippen molar-refractivity contribution in [2.24, 2.45) is 17.8 Å². The molecule has 2 heterocycles. The average molecular weight is 415 g/mol. The van der Waals surface area contributed by atoms with Gasteiger partial charge in [0.15, 0.2) is 0 Å². The number of nitrogens with zero attached hydrogens (tertiary/aromatic N) is 4. The van der Waals surface area contributed by atoms with Crippen molar-refractivity contribution < 1.29 is 9.59 Å². The van der Waals surface area contributed by atoms with Crippen molar-refractivity contribution >= 4 is 29.5 Å². The molecule has 4 saturated carbocycles. The van der Waals surface area contributed by atoms with Crippen LogP contribution in [0.2, 0.25) is 0 Å². The molecule has 0 radical (unpaired) electrons. The summed E-state index contributed by atoms with van der Waals surface area (Å²) in [4.78, 5) is 33.5. The molecule has 8 nitrogen and oxygen atoms in total. The van der Waals surface area contributed by atoms with Gasteiger partial charge in [0.25, 0.3) is 5.78 Å². The van der Waals surface area contributed by atoms with Crippen molar-refractivity contribution in [1.29, 1.82) is 0 Å². The third kappa shape index (κ3) is 3.72. The summed E-state index contributed by atoms with van der Waals surface area (Å²) in [5.41, 5.74) is 1.71. The fourth-order valence-corrected chi connectivity index (χ4v) is 6.66. The lowest BCUT2D eigenvalue weighted by atomic mass is 9.53. The average Bonchev–Trinajstić information content (AvgIpc) is 3.01. The van der Waals surface area contributed by atoms with Crippen LogP contribution >= 0.6 is 11.8 Å². The van der Waals surface area contributed by atoms with Gasteiger partial charge in [-0.1, -0.05) is 11.8 Å². The summed E-state index contributed by atoms with van der Waals surface area (Å²) in [6.07, 6.45) is 7.14. The second kappa shape index (κ2) is 6.97. The fourth-order valence-electron chi connectivity index (χ4n) is 6.04. The highest BCUT2D eigenvalue weighted by Crippen LogP contribution is 2.55. The second-order valence-corrected chi connectivity index (χ2v) is 10.1. The van der Waals surface area contributed by atoms with Crippen LogP contribution < -0.4 is 10.6 Å². The number of imide groups is 1. The smallest absolute Gasteiger partial charge is 0.321 e. The Morgan fingerprint density at radius 2 is 1.79 bits per heavy atom. The zero-order valence-electron chi connectivity index (χ0n) is 16.8.